The Kier molecular flexibility index (Phi) is 2.69. The Labute approximate surface area is 95.7 Å². The first-order chi connectivity index (χ1) is 7.65. The Balaban J connectivity index is 3.00. The minimum Gasteiger partial charge on any atom is -0.377 e. The van der Waals surface area contributed by atoms with Crippen molar-refractivity contribution in [2.45, 2.75) is 0 Å². The van der Waals surface area contributed by atoms with Gasteiger partial charge in [0.1, 0.15) is 5.49 Å². The average Bonchev–Trinajstić information content (AvgIpc) is 2.28. The second-order valence-electron chi connectivity index (χ2n) is 4.11. The Morgan fingerprint density at radius 3 is 2.56 bits per heavy atom. The van der Waals surface area contributed by atoms with Gasteiger partial charge in [-0.3, -0.25) is 4.99 Å². The van der Waals surface area contributed by atoms with Gasteiger partial charge in [0, 0.05) is 45.5 Å². The molecule has 0 atom stereocenters. The number of hydrogen-bond acceptors (Lipinski definition) is 2. The molecule has 0 aliphatic carbocycles. The molecule has 0 fully saturated rings. The van der Waals surface area contributed by atoms with E-state index < -0.39 is 0 Å². The van der Waals surface area contributed by atoms with Crippen LogP contribution in [0.25, 0.3) is 10.8 Å². The third kappa shape index (κ3) is 1.58. The molecule has 0 saturated carbocycles. The largest absolute Gasteiger partial charge is 0.377 e. The van der Waals surface area contributed by atoms with Crippen molar-refractivity contribution in [3.8, 4) is 0 Å². The molecular formula is C13H17N3. The van der Waals surface area contributed by atoms with Gasteiger partial charge in [-0.15, -0.1) is 0 Å². The predicted octanol–water partition coefficient (Wildman–Crippen LogP) is 1.77. The van der Waals surface area contributed by atoms with Crippen LogP contribution in [0.5, 0.6) is 0 Å². The number of pyridine rings is 1. The van der Waals surface area contributed by atoms with Crippen molar-refractivity contribution in [2.75, 3.05) is 26.0 Å². The third-order valence-electron chi connectivity index (χ3n) is 2.80. The fourth-order valence-electron chi connectivity index (χ4n) is 2.02. The van der Waals surface area contributed by atoms with Crippen LogP contribution in [0.4, 0.5) is 5.69 Å². The summed E-state index contributed by atoms with van der Waals surface area (Å²) in [5.74, 6) is 0. The summed E-state index contributed by atoms with van der Waals surface area (Å²) in [5.41, 5.74) is 2.22. The Morgan fingerprint density at radius 1 is 1.19 bits per heavy atom. The molecule has 0 unspecified atom stereocenters. The number of hydrogen-bond donors (Lipinski definition) is 0. The van der Waals surface area contributed by atoms with Crippen LogP contribution in [0.15, 0.2) is 35.5 Å². The summed E-state index contributed by atoms with van der Waals surface area (Å²) < 4.78 is 2.05. The lowest BCUT2D eigenvalue weighted by Gasteiger charge is -2.16. The number of anilines is 1. The molecule has 2 rings (SSSR count). The van der Waals surface area contributed by atoms with Gasteiger partial charge in [0.15, 0.2) is 0 Å². The van der Waals surface area contributed by atoms with Gasteiger partial charge < -0.3 is 9.47 Å². The molecule has 0 N–H and O–H groups in total. The quantitative estimate of drug-likeness (QED) is 0.710. The van der Waals surface area contributed by atoms with Crippen LogP contribution in [-0.4, -0.2) is 25.7 Å². The van der Waals surface area contributed by atoms with Crippen LogP contribution in [0.3, 0.4) is 0 Å². The highest BCUT2D eigenvalue weighted by atomic mass is 15.1. The minimum atomic E-state index is 1.02. The SMILES string of the molecule is CN=c1c2c(N(C)C)cccc2ccn1C. The minimum absolute atomic E-state index is 1.02. The van der Waals surface area contributed by atoms with Crippen molar-refractivity contribution in [2.24, 2.45) is 12.0 Å². The predicted molar refractivity (Wildman–Crippen MR) is 68.7 cm³/mol. The number of benzene rings is 1. The maximum atomic E-state index is 4.38. The van der Waals surface area contributed by atoms with E-state index >= 15 is 0 Å². The highest BCUT2D eigenvalue weighted by Crippen LogP contribution is 2.21. The maximum Gasteiger partial charge on any atom is 0.137 e. The van der Waals surface area contributed by atoms with Gasteiger partial charge in [-0.1, -0.05) is 12.1 Å². The topological polar surface area (TPSA) is 20.5 Å². The Morgan fingerprint density at radius 2 is 1.94 bits per heavy atom. The summed E-state index contributed by atoms with van der Waals surface area (Å²) in [4.78, 5) is 6.50. The van der Waals surface area contributed by atoms with Gasteiger partial charge in [-0.05, 0) is 17.5 Å². The van der Waals surface area contributed by atoms with Crippen molar-refractivity contribution in [1.82, 2.24) is 4.57 Å². The van der Waals surface area contributed by atoms with E-state index in [1.165, 1.54) is 16.5 Å². The molecule has 0 aliphatic rings. The van der Waals surface area contributed by atoms with E-state index in [2.05, 4.69) is 52.8 Å². The van der Waals surface area contributed by atoms with E-state index in [1.807, 2.05) is 20.3 Å². The van der Waals surface area contributed by atoms with E-state index in [0.717, 1.165) is 5.49 Å². The molecule has 0 aliphatic heterocycles. The summed E-state index contributed by atoms with van der Waals surface area (Å²) in [6.45, 7) is 0. The molecule has 84 valence electrons. The van der Waals surface area contributed by atoms with Gasteiger partial charge in [0.2, 0.25) is 0 Å². The Bertz CT molecular complexity index is 579. The lowest BCUT2D eigenvalue weighted by atomic mass is 10.1. The highest BCUT2D eigenvalue weighted by molar-refractivity contribution is 5.93. The molecule has 0 saturated heterocycles. The number of nitrogens with zero attached hydrogens (tertiary/aromatic N) is 3. The van der Waals surface area contributed by atoms with Crippen LogP contribution in [0.1, 0.15) is 0 Å². The molecule has 3 nitrogen and oxygen atoms in total. The van der Waals surface area contributed by atoms with Crippen molar-refractivity contribution in [3.63, 3.8) is 0 Å². The van der Waals surface area contributed by atoms with Gasteiger partial charge in [-0.25, -0.2) is 0 Å². The molecule has 0 bridgehead atoms. The monoisotopic (exact) mass is 215 g/mol. The Hall–Kier alpha value is -1.77. The fourth-order valence-corrected chi connectivity index (χ4v) is 2.02. The first-order valence-corrected chi connectivity index (χ1v) is 5.33. The van der Waals surface area contributed by atoms with Crippen LogP contribution < -0.4 is 10.4 Å². The summed E-state index contributed by atoms with van der Waals surface area (Å²) in [6.07, 6.45) is 2.05. The molecule has 3 heteroatoms. The fraction of sp³-hybridized carbons (Fsp3) is 0.308. The van der Waals surface area contributed by atoms with Gasteiger partial charge in [0.05, 0.1) is 0 Å². The summed E-state index contributed by atoms with van der Waals surface area (Å²) in [7, 11) is 7.97. The first kappa shape index (κ1) is 10.7. The average molecular weight is 215 g/mol. The number of aromatic nitrogens is 1. The maximum absolute atomic E-state index is 4.38. The molecule has 0 amide bonds. The number of fused-ring (bicyclic) bond motifs is 1. The number of rotatable bonds is 1. The third-order valence-corrected chi connectivity index (χ3v) is 2.80. The van der Waals surface area contributed by atoms with Crippen LogP contribution >= 0.6 is 0 Å². The zero-order valence-corrected chi connectivity index (χ0v) is 10.2. The number of aryl methyl sites for hydroxylation is 1. The van der Waals surface area contributed by atoms with Crippen LogP contribution in [0, 0.1) is 0 Å². The van der Waals surface area contributed by atoms with Gasteiger partial charge in [0.25, 0.3) is 0 Å². The molecule has 2 aromatic rings. The van der Waals surface area contributed by atoms with E-state index in [9.17, 15) is 0 Å². The van der Waals surface area contributed by atoms with Crippen molar-refractivity contribution in [1.29, 1.82) is 0 Å². The van der Waals surface area contributed by atoms with E-state index in [4.69, 9.17) is 0 Å². The summed E-state index contributed by atoms with van der Waals surface area (Å²) >= 11 is 0. The molecule has 0 spiro atoms. The lowest BCUT2D eigenvalue weighted by molar-refractivity contribution is 0.841. The second-order valence-corrected chi connectivity index (χ2v) is 4.11. The molecule has 0 radical (unpaired) electrons. The van der Waals surface area contributed by atoms with Crippen molar-refractivity contribution >= 4 is 16.5 Å². The van der Waals surface area contributed by atoms with E-state index in [1.54, 1.807) is 0 Å². The molecule has 16 heavy (non-hydrogen) atoms. The highest BCUT2D eigenvalue weighted by Gasteiger charge is 2.05. The van der Waals surface area contributed by atoms with Crippen LogP contribution in [0.2, 0.25) is 0 Å². The van der Waals surface area contributed by atoms with Gasteiger partial charge in [-0.2, -0.15) is 0 Å². The van der Waals surface area contributed by atoms with E-state index in [0.29, 0.717) is 0 Å². The van der Waals surface area contributed by atoms with Gasteiger partial charge >= 0.3 is 0 Å². The van der Waals surface area contributed by atoms with Crippen molar-refractivity contribution < 1.29 is 0 Å². The van der Waals surface area contributed by atoms with Crippen LogP contribution in [-0.2, 0) is 7.05 Å². The van der Waals surface area contributed by atoms with E-state index in [-0.39, 0.29) is 0 Å². The lowest BCUT2D eigenvalue weighted by Crippen LogP contribution is -2.21. The molecule has 1 aromatic heterocycles. The standard InChI is InChI=1S/C13H17N3/c1-14-13-12-10(8-9-16(13)4)6-5-7-11(12)15(2)3/h5-9H,1-4H3. The molecule has 1 heterocycles. The summed E-state index contributed by atoms with van der Waals surface area (Å²) in [5, 5.41) is 2.44. The second kappa shape index (κ2) is 4.00. The van der Waals surface area contributed by atoms with Crippen molar-refractivity contribution in [3.05, 3.63) is 36.0 Å². The smallest absolute Gasteiger partial charge is 0.137 e. The molecule has 1 aromatic carbocycles. The molecular weight excluding hydrogens is 198 g/mol. The normalized spacial score (nSPS) is 12.1. The zero-order valence-electron chi connectivity index (χ0n) is 10.2. The first-order valence-electron chi connectivity index (χ1n) is 5.33. The summed E-state index contributed by atoms with van der Waals surface area (Å²) in [6, 6.07) is 8.45. The zero-order chi connectivity index (χ0) is 11.7.